The fourth-order valence-electron chi connectivity index (χ4n) is 1.90. The number of carbonyl (C=O) groups excluding carboxylic acids is 1. The average molecular weight is 300 g/mol. The lowest BCUT2D eigenvalue weighted by Crippen LogP contribution is -2.12. The van der Waals surface area contributed by atoms with E-state index in [-0.39, 0.29) is 5.88 Å². The molecule has 0 radical (unpaired) electrons. The maximum atomic E-state index is 13.5. The van der Waals surface area contributed by atoms with Crippen molar-refractivity contribution in [2.45, 2.75) is 0 Å². The summed E-state index contributed by atoms with van der Waals surface area (Å²) in [5.74, 6) is -3.35. The van der Waals surface area contributed by atoms with E-state index in [9.17, 15) is 13.6 Å². The Bertz CT molecular complexity index is 816. The molecule has 3 rings (SSSR count). The van der Waals surface area contributed by atoms with Crippen molar-refractivity contribution in [3.63, 3.8) is 0 Å². The van der Waals surface area contributed by atoms with Gasteiger partial charge in [-0.3, -0.25) is 0 Å². The van der Waals surface area contributed by atoms with E-state index in [0.717, 1.165) is 17.8 Å². The highest BCUT2D eigenvalue weighted by Gasteiger charge is 2.18. The van der Waals surface area contributed by atoms with Gasteiger partial charge in [0.1, 0.15) is 0 Å². The Balaban J connectivity index is 1.81. The average Bonchev–Trinajstić information content (AvgIpc) is 2.99. The fourth-order valence-corrected chi connectivity index (χ4v) is 1.90. The first-order chi connectivity index (χ1) is 10.6. The van der Waals surface area contributed by atoms with Crippen LogP contribution in [0.5, 0.6) is 5.88 Å². The highest BCUT2D eigenvalue weighted by molar-refractivity contribution is 5.91. The predicted molar refractivity (Wildman–Crippen MR) is 74.9 cm³/mol. The molecule has 22 heavy (non-hydrogen) atoms. The quantitative estimate of drug-likeness (QED) is 0.697. The lowest BCUT2D eigenvalue weighted by Gasteiger charge is -2.03. The Morgan fingerprint density at radius 3 is 2.55 bits per heavy atom. The van der Waals surface area contributed by atoms with Gasteiger partial charge < -0.3 is 4.74 Å². The summed E-state index contributed by atoms with van der Waals surface area (Å²) in [6.07, 6.45) is 1.60. The van der Waals surface area contributed by atoms with Crippen molar-refractivity contribution < 1.29 is 18.3 Å². The van der Waals surface area contributed by atoms with Crippen LogP contribution in [0.1, 0.15) is 10.4 Å². The topological polar surface area (TPSA) is 44.1 Å². The molecule has 0 atom stereocenters. The van der Waals surface area contributed by atoms with Crippen LogP contribution in [0.15, 0.2) is 60.8 Å². The van der Waals surface area contributed by atoms with Crippen LogP contribution in [0.4, 0.5) is 8.78 Å². The van der Waals surface area contributed by atoms with Gasteiger partial charge in [-0.1, -0.05) is 24.3 Å². The summed E-state index contributed by atoms with van der Waals surface area (Å²) >= 11 is 0. The van der Waals surface area contributed by atoms with Gasteiger partial charge in [0, 0.05) is 12.3 Å². The van der Waals surface area contributed by atoms with Gasteiger partial charge in [0.05, 0.1) is 11.3 Å². The summed E-state index contributed by atoms with van der Waals surface area (Å²) < 4.78 is 33.1. The third kappa shape index (κ3) is 2.71. The molecule has 0 spiro atoms. The molecule has 0 aliphatic heterocycles. The zero-order valence-corrected chi connectivity index (χ0v) is 11.2. The van der Waals surface area contributed by atoms with Crippen molar-refractivity contribution in [1.29, 1.82) is 0 Å². The van der Waals surface area contributed by atoms with E-state index in [0.29, 0.717) is 0 Å². The molecule has 0 amide bonds. The lowest BCUT2D eigenvalue weighted by atomic mass is 10.2. The smallest absolute Gasteiger partial charge is 0.348 e. The van der Waals surface area contributed by atoms with Gasteiger partial charge >= 0.3 is 5.97 Å². The van der Waals surface area contributed by atoms with Gasteiger partial charge in [-0.05, 0) is 24.3 Å². The highest BCUT2D eigenvalue weighted by atomic mass is 19.2. The van der Waals surface area contributed by atoms with E-state index in [1.54, 1.807) is 6.20 Å². The van der Waals surface area contributed by atoms with Gasteiger partial charge in [0.15, 0.2) is 11.6 Å². The number of rotatable bonds is 3. The summed E-state index contributed by atoms with van der Waals surface area (Å²) in [6.45, 7) is 0. The first-order valence-electron chi connectivity index (χ1n) is 6.42. The number of nitrogens with zero attached hydrogens (tertiary/aromatic N) is 2. The van der Waals surface area contributed by atoms with Crippen molar-refractivity contribution in [3.8, 4) is 11.6 Å². The minimum absolute atomic E-state index is 0.00230. The van der Waals surface area contributed by atoms with Gasteiger partial charge in [-0.2, -0.15) is 0 Å². The normalized spacial score (nSPS) is 10.5. The van der Waals surface area contributed by atoms with Gasteiger partial charge in [0.25, 0.3) is 0 Å². The van der Waals surface area contributed by atoms with Gasteiger partial charge in [-0.25, -0.2) is 18.3 Å². The summed E-state index contributed by atoms with van der Waals surface area (Å²) in [4.78, 5) is 11.9. The summed E-state index contributed by atoms with van der Waals surface area (Å²) in [5, 5.41) is 4.06. The van der Waals surface area contributed by atoms with Crippen LogP contribution in [0.3, 0.4) is 0 Å². The zero-order valence-electron chi connectivity index (χ0n) is 11.2. The molecule has 0 unspecified atom stereocenters. The molecule has 2 aromatic carbocycles. The second-order valence-corrected chi connectivity index (χ2v) is 4.42. The number of hydrogen-bond donors (Lipinski definition) is 0. The standard InChI is InChI=1S/C16H10F2N2O2/c17-13-8-4-7-12(15(13)18)16(21)22-14-9-10-20(19-14)11-5-2-1-3-6-11/h1-10H. The Morgan fingerprint density at radius 2 is 1.77 bits per heavy atom. The Labute approximate surface area is 124 Å². The molecule has 1 heterocycles. The molecule has 0 saturated carbocycles. The third-order valence-corrected chi connectivity index (χ3v) is 2.95. The monoisotopic (exact) mass is 300 g/mol. The van der Waals surface area contributed by atoms with Crippen LogP contribution in [0.2, 0.25) is 0 Å². The van der Waals surface area contributed by atoms with Crippen LogP contribution in [0.25, 0.3) is 5.69 Å². The van der Waals surface area contributed by atoms with Crippen LogP contribution in [-0.4, -0.2) is 15.7 Å². The van der Waals surface area contributed by atoms with Crippen molar-refractivity contribution in [1.82, 2.24) is 9.78 Å². The highest BCUT2D eigenvalue weighted by Crippen LogP contribution is 2.16. The predicted octanol–water partition coefficient (Wildman–Crippen LogP) is 3.37. The van der Waals surface area contributed by atoms with Gasteiger partial charge in [-0.15, -0.1) is 5.10 Å². The number of esters is 1. The SMILES string of the molecule is O=C(Oc1ccn(-c2ccccc2)n1)c1cccc(F)c1F. The molecule has 0 aliphatic carbocycles. The fraction of sp³-hybridized carbons (Fsp3) is 0. The summed E-state index contributed by atoms with van der Waals surface area (Å²) in [7, 11) is 0. The van der Waals surface area contributed by atoms with Crippen molar-refractivity contribution >= 4 is 5.97 Å². The number of benzene rings is 2. The van der Waals surface area contributed by atoms with E-state index in [2.05, 4.69) is 5.10 Å². The molecule has 3 aromatic rings. The van der Waals surface area contributed by atoms with Crippen LogP contribution in [0, 0.1) is 11.6 Å². The summed E-state index contributed by atoms with van der Waals surface area (Å²) in [6, 6.07) is 14.0. The van der Waals surface area contributed by atoms with Crippen molar-refractivity contribution in [2.24, 2.45) is 0 Å². The molecule has 0 saturated heterocycles. The zero-order chi connectivity index (χ0) is 15.5. The van der Waals surface area contributed by atoms with Crippen LogP contribution < -0.4 is 4.74 Å². The molecule has 0 fully saturated rings. The van der Waals surface area contributed by atoms with Crippen LogP contribution in [-0.2, 0) is 0 Å². The van der Waals surface area contributed by atoms with Gasteiger partial charge in [0.2, 0.25) is 5.88 Å². The largest absolute Gasteiger partial charge is 0.402 e. The number of para-hydroxylation sites is 1. The number of hydrogen-bond acceptors (Lipinski definition) is 3. The van der Waals surface area contributed by atoms with E-state index in [4.69, 9.17) is 4.74 Å². The van der Waals surface area contributed by atoms with E-state index >= 15 is 0 Å². The molecule has 110 valence electrons. The lowest BCUT2D eigenvalue weighted by molar-refractivity contribution is 0.0720. The van der Waals surface area contributed by atoms with E-state index in [1.165, 1.54) is 16.8 Å². The maximum Gasteiger partial charge on any atom is 0.348 e. The molecule has 1 aromatic heterocycles. The Kier molecular flexibility index (Phi) is 3.65. The molecule has 0 bridgehead atoms. The summed E-state index contributed by atoms with van der Waals surface area (Å²) in [5.41, 5.74) is 0.302. The Hall–Kier alpha value is -3.02. The second kappa shape index (κ2) is 5.77. The minimum atomic E-state index is -1.24. The third-order valence-electron chi connectivity index (χ3n) is 2.95. The molecule has 6 heteroatoms. The van der Waals surface area contributed by atoms with Crippen molar-refractivity contribution in [3.05, 3.63) is 78.0 Å². The number of ether oxygens (including phenoxy) is 1. The molecular weight excluding hydrogens is 290 g/mol. The molecule has 4 nitrogen and oxygen atoms in total. The Morgan fingerprint density at radius 1 is 1.00 bits per heavy atom. The number of halogens is 2. The molecule has 0 N–H and O–H groups in total. The van der Waals surface area contributed by atoms with E-state index in [1.807, 2.05) is 30.3 Å². The second-order valence-electron chi connectivity index (χ2n) is 4.42. The molecule has 0 aliphatic rings. The number of aromatic nitrogens is 2. The first kappa shape index (κ1) is 13.9. The van der Waals surface area contributed by atoms with Crippen LogP contribution >= 0.6 is 0 Å². The van der Waals surface area contributed by atoms with Crippen molar-refractivity contribution in [2.75, 3.05) is 0 Å². The minimum Gasteiger partial charge on any atom is -0.402 e. The van der Waals surface area contributed by atoms with E-state index < -0.39 is 23.2 Å². The molecular formula is C16H10F2N2O2. The number of carbonyl (C=O) groups is 1. The first-order valence-corrected chi connectivity index (χ1v) is 6.42. The maximum absolute atomic E-state index is 13.5.